The number of aryl methyl sites for hydroxylation is 1. The topological polar surface area (TPSA) is 46.5 Å². The lowest BCUT2D eigenvalue weighted by Gasteiger charge is -2.29. The summed E-state index contributed by atoms with van der Waals surface area (Å²) in [5.74, 6) is 1.22. The van der Waals surface area contributed by atoms with E-state index in [1.807, 2.05) is 6.07 Å². The molecule has 0 saturated heterocycles. The van der Waals surface area contributed by atoms with E-state index in [9.17, 15) is 9.90 Å². The van der Waals surface area contributed by atoms with Crippen LogP contribution in [-0.4, -0.2) is 17.7 Å². The average molecular weight is 525 g/mol. The summed E-state index contributed by atoms with van der Waals surface area (Å²) in [4.78, 5) is 11.4. The molecule has 0 aromatic heterocycles. The Hall–Kier alpha value is -3.17. The molecule has 0 bridgehead atoms. The number of hydrogen-bond acceptors (Lipinski definition) is 3. The molecule has 0 spiro atoms. The van der Waals surface area contributed by atoms with Crippen LogP contribution in [-0.2, 0) is 22.6 Å². The van der Waals surface area contributed by atoms with E-state index in [4.69, 9.17) is 4.74 Å². The lowest BCUT2D eigenvalue weighted by Crippen LogP contribution is -2.13. The number of ether oxygens (including phenoxy) is 1. The van der Waals surface area contributed by atoms with Gasteiger partial charge in [-0.1, -0.05) is 99.8 Å². The van der Waals surface area contributed by atoms with Gasteiger partial charge in [0.1, 0.15) is 0 Å². The second kappa shape index (κ2) is 14.3. The molecular formula is C36H44O3. The van der Waals surface area contributed by atoms with E-state index < -0.39 is 5.97 Å². The molecule has 1 saturated carbocycles. The lowest BCUT2D eigenvalue weighted by atomic mass is 9.77. The van der Waals surface area contributed by atoms with Crippen LogP contribution in [0.2, 0.25) is 0 Å². The average Bonchev–Trinajstić information content (AvgIpc) is 2.97. The predicted molar refractivity (Wildman–Crippen MR) is 162 cm³/mol. The fourth-order valence-corrected chi connectivity index (χ4v) is 6.08. The third-order valence-electron chi connectivity index (χ3n) is 8.47. The van der Waals surface area contributed by atoms with Gasteiger partial charge in [0.15, 0.2) is 0 Å². The minimum absolute atomic E-state index is 0.0423. The zero-order chi connectivity index (χ0) is 27.6. The quantitative estimate of drug-likeness (QED) is 0.146. The molecule has 1 N–H and O–H groups in total. The maximum atomic E-state index is 11.4. The number of aliphatic hydroxyl groups is 1. The summed E-state index contributed by atoms with van der Waals surface area (Å²) in [6, 6.07) is 22.0. The molecule has 0 radical (unpaired) electrons. The number of carbonyl (C=O) groups is 1. The largest absolute Gasteiger partial charge is 0.462 e. The highest BCUT2D eigenvalue weighted by Crippen LogP contribution is 2.38. The van der Waals surface area contributed by atoms with E-state index >= 15 is 0 Å². The van der Waals surface area contributed by atoms with Gasteiger partial charge in [-0.25, -0.2) is 4.79 Å². The number of unbranched alkanes of at least 4 members (excludes halogenated alkanes) is 2. The SMILES string of the molecule is C=CC(=O)OCCc1cc(-c2ccc(-c3ccc(C4CCC(CCCCC)CC4)cc3)cc2C)ccc1CO. The molecule has 39 heavy (non-hydrogen) atoms. The predicted octanol–water partition coefficient (Wildman–Crippen LogP) is 8.95. The maximum Gasteiger partial charge on any atom is 0.330 e. The van der Waals surface area contributed by atoms with E-state index in [2.05, 4.69) is 75.0 Å². The van der Waals surface area contributed by atoms with Crippen molar-refractivity contribution >= 4 is 5.97 Å². The van der Waals surface area contributed by atoms with Crippen LogP contribution < -0.4 is 0 Å². The number of carbonyl (C=O) groups excluding carboxylic acids is 1. The summed E-state index contributed by atoms with van der Waals surface area (Å²) in [6.07, 6.45) is 12.7. The highest BCUT2D eigenvalue weighted by molar-refractivity contribution is 5.81. The molecule has 3 aromatic carbocycles. The maximum absolute atomic E-state index is 11.4. The summed E-state index contributed by atoms with van der Waals surface area (Å²) in [5.41, 5.74) is 9.29. The molecule has 0 aliphatic heterocycles. The number of rotatable bonds is 12. The van der Waals surface area contributed by atoms with Gasteiger partial charge in [0.2, 0.25) is 0 Å². The highest BCUT2D eigenvalue weighted by atomic mass is 16.5. The molecule has 0 unspecified atom stereocenters. The van der Waals surface area contributed by atoms with Crippen LogP contribution in [0.25, 0.3) is 22.3 Å². The van der Waals surface area contributed by atoms with Gasteiger partial charge in [-0.15, -0.1) is 0 Å². The first-order valence-electron chi connectivity index (χ1n) is 14.8. The van der Waals surface area contributed by atoms with Crippen molar-refractivity contribution < 1.29 is 14.6 Å². The normalized spacial score (nSPS) is 17.1. The van der Waals surface area contributed by atoms with Crippen molar-refractivity contribution in [3.8, 4) is 22.3 Å². The Bertz CT molecular complexity index is 1230. The number of esters is 1. The Morgan fingerprint density at radius 1 is 0.923 bits per heavy atom. The van der Waals surface area contributed by atoms with Crippen molar-refractivity contribution in [1.82, 2.24) is 0 Å². The van der Waals surface area contributed by atoms with Crippen molar-refractivity contribution in [3.63, 3.8) is 0 Å². The minimum Gasteiger partial charge on any atom is -0.462 e. The van der Waals surface area contributed by atoms with Crippen molar-refractivity contribution in [2.75, 3.05) is 6.61 Å². The van der Waals surface area contributed by atoms with Gasteiger partial charge < -0.3 is 9.84 Å². The van der Waals surface area contributed by atoms with Crippen LogP contribution >= 0.6 is 0 Å². The zero-order valence-corrected chi connectivity index (χ0v) is 23.8. The van der Waals surface area contributed by atoms with Crippen molar-refractivity contribution in [3.05, 3.63) is 95.6 Å². The fourth-order valence-electron chi connectivity index (χ4n) is 6.08. The molecule has 1 fully saturated rings. The zero-order valence-electron chi connectivity index (χ0n) is 23.8. The molecule has 0 heterocycles. The van der Waals surface area contributed by atoms with Crippen molar-refractivity contribution in [2.45, 2.75) is 84.2 Å². The Kier molecular flexibility index (Phi) is 10.6. The van der Waals surface area contributed by atoms with Crippen LogP contribution in [0, 0.1) is 12.8 Å². The molecule has 4 rings (SSSR count). The number of aliphatic hydroxyl groups excluding tert-OH is 1. The van der Waals surface area contributed by atoms with E-state index in [1.54, 1.807) is 0 Å². The van der Waals surface area contributed by atoms with Gasteiger partial charge >= 0.3 is 5.97 Å². The summed E-state index contributed by atoms with van der Waals surface area (Å²) >= 11 is 0. The van der Waals surface area contributed by atoms with Gasteiger partial charge in [-0.05, 0) is 89.0 Å². The third-order valence-corrected chi connectivity index (χ3v) is 8.47. The molecule has 3 nitrogen and oxygen atoms in total. The second-order valence-electron chi connectivity index (χ2n) is 11.1. The smallest absolute Gasteiger partial charge is 0.330 e. The fraction of sp³-hybridized carbons (Fsp3) is 0.417. The van der Waals surface area contributed by atoms with Crippen LogP contribution in [0.3, 0.4) is 0 Å². The van der Waals surface area contributed by atoms with Gasteiger partial charge in [-0.2, -0.15) is 0 Å². The van der Waals surface area contributed by atoms with E-state index in [-0.39, 0.29) is 13.2 Å². The van der Waals surface area contributed by atoms with E-state index in [1.165, 1.54) is 85.3 Å². The molecule has 3 aromatic rings. The van der Waals surface area contributed by atoms with Gasteiger partial charge in [0.25, 0.3) is 0 Å². The van der Waals surface area contributed by atoms with Crippen molar-refractivity contribution in [1.29, 1.82) is 0 Å². The molecular weight excluding hydrogens is 480 g/mol. The number of hydrogen-bond donors (Lipinski definition) is 1. The second-order valence-corrected chi connectivity index (χ2v) is 11.1. The molecule has 206 valence electrons. The van der Waals surface area contributed by atoms with Crippen molar-refractivity contribution in [2.24, 2.45) is 5.92 Å². The summed E-state index contributed by atoms with van der Waals surface area (Å²) < 4.78 is 5.16. The first kappa shape index (κ1) is 28.8. The van der Waals surface area contributed by atoms with Gasteiger partial charge in [-0.3, -0.25) is 0 Å². The Morgan fingerprint density at radius 3 is 2.31 bits per heavy atom. The Labute approximate surface area is 234 Å². The van der Waals surface area contributed by atoms with E-state index in [0.29, 0.717) is 12.3 Å². The van der Waals surface area contributed by atoms with Crippen LogP contribution in [0.15, 0.2) is 73.3 Å². The number of benzene rings is 3. The summed E-state index contributed by atoms with van der Waals surface area (Å²) in [6.45, 7) is 8.09. The van der Waals surface area contributed by atoms with Gasteiger partial charge in [0.05, 0.1) is 13.2 Å². The first-order valence-corrected chi connectivity index (χ1v) is 14.8. The van der Waals surface area contributed by atoms with Gasteiger partial charge in [0, 0.05) is 12.5 Å². The third kappa shape index (κ3) is 7.70. The Balaban J connectivity index is 1.42. The molecule has 0 amide bonds. The standard InChI is InChI=1S/C36H44O3/c1-4-6-7-8-27-9-11-28(12-10-27)29-13-15-30(16-14-29)31-19-20-35(26(3)23-31)33-17-18-34(25-37)32(24-33)21-22-39-36(38)5-2/h5,13-20,23-24,27-28,37H,2,4,6-12,21-22,25H2,1,3H3. The molecule has 3 heteroatoms. The first-order chi connectivity index (χ1) is 19.0. The van der Waals surface area contributed by atoms with E-state index in [0.717, 1.165) is 22.6 Å². The summed E-state index contributed by atoms with van der Waals surface area (Å²) in [7, 11) is 0. The highest BCUT2D eigenvalue weighted by Gasteiger charge is 2.22. The van der Waals surface area contributed by atoms with Crippen LogP contribution in [0.4, 0.5) is 0 Å². The Morgan fingerprint density at radius 2 is 1.64 bits per heavy atom. The molecule has 1 aliphatic rings. The monoisotopic (exact) mass is 524 g/mol. The summed E-state index contributed by atoms with van der Waals surface area (Å²) in [5, 5.41) is 9.78. The lowest BCUT2D eigenvalue weighted by molar-refractivity contribution is -0.137. The molecule has 0 atom stereocenters. The van der Waals surface area contributed by atoms with Crippen LogP contribution in [0.5, 0.6) is 0 Å². The van der Waals surface area contributed by atoms with Crippen LogP contribution in [0.1, 0.15) is 86.5 Å². The molecule has 1 aliphatic carbocycles. The minimum atomic E-state index is -0.429.